The Labute approximate surface area is 72.8 Å². The highest BCUT2D eigenvalue weighted by Crippen LogP contribution is 2.14. The Hall–Kier alpha value is -0.280. The minimum atomic E-state index is -0.679. The lowest BCUT2D eigenvalue weighted by Crippen LogP contribution is -2.41. The van der Waals surface area contributed by atoms with Gasteiger partial charge in [0.25, 0.3) is 0 Å². The van der Waals surface area contributed by atoms with Gasteiger partial charge in [-0.25, -0.2) is 0 Å². The minimum absolute atomic E-state index is 0. The van der Waals surface area contributed by atoms with E-state index in [4.69, 9.17) is 5.11 Å². The van der Waals surface area contributed by atoms with E-state index in [1.165, 1.54) is 0 Å². The average Bonchev–Trinajstić information content (AvgIpc) is 1.88. The van der Waals surface area contributed by atoms with Crippen LogP contribution in [0.5, 0.6) is 0 Å². The zero-order valence-electron chi connectivity index (χ0n) is 6.62. The molecule has 1 fully saturated rings. The third-order valence-electron chi connectivity index (χ3n) is 2.06. The summed E-state index contributed by atoms with van der Waals surface area (Å²) in [7, 11) is 1.87. The van der Waals surface area contributed by atoms with Crippen molar-refractivity contribution >= 4 is 18.4 Å². The second-order valence-electron chi connectivity index (χ2n) is 2.83. The molecule has 1 aliphatic heterocycles. The summed E-state index contributed by atoms with van der Waals surface area (Å²) in [5.41, 5.74) is 0. The summed E-state index contributed by atoms with van der Waals surface area (Å²) in [5, 5.41) is 8.67. The summed E-state index contributed by atoms with van der Waals surface area (Å²) in [4.78, 5) is 12.4. The SMILES string of the molecule is CN1CCCCC1C(=O)O.Cl. The quantitative estimate of drug-likeness (QED) is 0.653. The third-order valence-corrected chi connectivity index (χ3v) is 2.06. The van der Waals surface area contributed by atoms with E-state index in [1.807, 2.05) is 11.9 Å². The molecule has 0 spiro atoms. The average molecular weight is 180 g/mol. The Kier molecular flexibility index (Phi) is 4.45. The van der Waals surface area contributed by atoms with Gasteiger partial charge in [-0.1, -0.05) is 6.42 Å². The molecule has 0 aromatic heterocycles. The number of aliphatic carboxylic acids is 1. The molecule has 0 saturated carbocycles. The number of nitrogens with zero attached hydrogens (tertiary/aromatic N) is 1. The van der Waals surface area contributed by atoms with Gasteiger partial charge in [0, 0.05) is 0 Å². The van der Waals surface area contributed by atoms with Crippen molar-refractivity contribution in [2.45, 2.75) is 25.3 Å². The fourth-order valence-electron chi connectivity index (χ4n) is 1.39. The highest BCUT2D eigenvalue weighted by Gasteiger charge is 2.24. The Morgan fingerprint density at radius 1 is 1.55 bits per heavy atom. The van der Waals surface area contributed by atoms with Crippen molar-refractivity contribution in [2.75, 3.05) is 13.6 Å². The van der Waals surface area contributed by atoms with E-state index in [1.54, 1.807) is 0 Å². The Balaban J connectivity index is 0.000001000. The van der Waals surface area contributed by atoms with Crippen LogP contribution >= 0.6 is 12.4 Å². The molecule has 0 aromatic rings. The molecule has 11 heavy (non-hydrogen) atoms. The number of piperidine rings is 1. The van der Waals surface area contributed by atoms with Crippen LogP contribution in [0.1, 0.15) is 19.3 Å². The fraction of sp³-hybridized carbons (Fsp3) is 0.857. The Bertz CT molecular complexity index is 140. The topological polar surface area (TPSA) is 40.5 Å². The highest BCUT2D eigenvalue weighted by atomic mass is 35.5. The van der Waals surface area contributed by atoms with Gasteiger partial charge in [0.05, 0.1) is 0 Å². The predicted octanol–water partition coefficient (Wildman–Crippen LogP) is 0.977. The lowest BCUT2D eigenvalue weighted by atomic mass is 10.0. The monoisotopic (exact) mass is 179 g/mol. The molecule has 4 heteroatoms. The van der Waals surface area contributed by atoms with Gasteiger partial charge in [0.15, 0.2) is 0 Å². The van der Waals surface area contributed by atoms with Crippen LogP contribution in [0.2, 0.25) is 0 Å². The van der Waals surface area contributed by atoms with Crippen LogP contribution in [0.15, 0.2) is 0 Å². The standard InChI is InChI=1S/C7H13NO2.ClH/c1-8-5-3-2-4-6(8)7(9)10;/h6H,2-5H2,1H3,(H,9,10);1H. The van der Waals surface area contributed by atoms with Gasteiger partial charge >= 0.3 is 5.97 Å². The molecule has 1 heterocycles. The number of likely N-dealkylation sites (N-methyl/N-ethyl adjacent to an activating group) is 1. The molecule has 1 N–H and O–H groups in total. The molecule has 3 nitrogen and oxygen atoms in total. The van der Waals surface area contributed by atoms with Crippen molar-refractivity contribution in [3.63, 3.8) is 0 Å². The highest BCUT2D eigenvalue weighted by molar-refractivity contribution is 5.85. The first-order chi connectivity index (χ1) is 4.72. The van der Waals surface area contributed by atoms with E-state index < -0.39 is 5.97 Å². The van der Waals surface area contributed by atoms with Gasteiger partial charge in [0.1, 0.15) is 6.04 Å². The second-order valence-corrected chi connectivity index (χ2v) is 2.83. The van der Waals surface area contributed by atoms with Crippen LogP contribution < -0.4 is 0 Å². The number of halogens is 1. The molecular weight excluding hydrogens is 166 g/mol. The molecule has 0 aromatic carbocycles. The van der Waals surface area contributed by atoms with Crippen LogP contribution in [-0.2, 0) is 4.79 Å². The van der Waals surface area contributed by atoms with Gasteiger partial charge in [0.2, 0.25) is 0 Å². The zero-order valence-corrected chi connectivity index (χ0v) is 7.43. The molecule has 1 aliphatic rings. The Morgan fingerprint density at radius 3 is 2.55 bits per heavy atom. The minimum Gasteiger partial charge on any atom is -0.480 e. The summed E-state index contributed by atoms with van der Waals surface area (Å²) >= 11 is 0. The van der Waals surface area contributed by atoms with Gasteiger partial charge in [-0.15, -0.1) is 12.4 Å². The van der Waals surface area contributed by atoms with Crippen LogP contribution in [0.4, 0.5) is 0 Å². The van der Waals surface area contributed by atoms with E-state index >= 15 is 0 Å². The number of carboxylic acid groups (broad SMARTS) is 1. The largest absolute Gasteiger partial charge is 0.480 e. The van der Waals surface area contributed by atoms with Gasteiger partial charge in [-0.05, 0) is 26.4 Å². The number of hydrogen-bond donors (Lipinski definition) is 1. The van der Waals surface area contributed by atoms with Crippen molar-refractivity contribution in [3.8, 4) is 0 Å². The summed E-state index contributed by atoms with van der Waals surface area (Å²) in [5.74, 6) is -0.679. The van der Waals surface area contributed by atoms with E-state index in [0.29, 0.717) is 0 Å². The van der Waals surface area contributed by atoms with Crippen LogP contribution in [0.3, 0.4) is 0 Å². The van der Waals surface area contributed by atoms with Crippen molar-refractivity contribution in [2.24, 2.45) is 0 Å². The Morgan fingerprint density at radius 2 is 2.18 bits per heavy atom. The molecule has 1 saturated heterocycles. The number of carbonyl (C=O) groups is 1. The van der Waals surface area contributed by atoms with Gasteiger partial charge in [-0.3, -0.25) is 9.69 Å². The predicted molar refractivity (Wildman–Crippen MR) is 45.2 cm³/mol. The van der Waals surface area contributed by atoms with Crippen molar-refractivity contribution < 1.29 is 9.90 Å². The molecule has 0 bridgehead atoms. The van der Waals surface area contributed by atoms with Gasteiger partial charge in [-0.2, -0.15) is 0 Å². The number of likely N-dealkylation sites (tertiary alicyclic amines) is 1. The third kappa shape index (κ3) is 2.67. The summed E-state index contributed by atoms with van der Waals surface area (Å²) in [6.07, 6.45) is 3.01. The van der Waals surface area contributed by atoms with Crippen molar-refractivity contribution in [1.29, 1.82) is 0 Å². The normalized spacial score (nSPS) is 25.7. The molecular formula is C7H14ClNO2. The van der Waals surface area contributed by atoms with E-state index in [0.717, 1.165) is 25.8 Å². The molecule has 1 unspecified atom stereocenters. The first kappa shape index (κ1) is 10.7. The molecule has 66 valence electrons. The van der Waals surface area contributed by atoms with Crippen molar-refractivity contribution in [3.05, 3.63) is 0 Å². The zero-order chi connectivity index (χ0) is 7.56. The smallest absolute Gasteiger partial charge is 0.320 e. The lowest BCUT2D eigenvalue weighted by Gasteiger charge is -2.28. The molecule has 0 aliphatic carbocycles. The number of carboxylic acids is 1. The van der Waals surface area contributed by atoms with E-state index in [9.17, 15) is 4.79 Å². The van der Waals surface area contributed by atoms with E-state index in [-0.39, 0.29) is 18.4 Å². The first-order valence-corrected chi connectivity index (χ1v) is 3.65. The van der Waals surface area contributed by atoms with Crippen LogP contribution in [0, 0.1) is 0 Å². The van der Waals surface area contributed by atoms with E-state index in [2.05, 4.69) is 0 Å². The molecule has 1 rings (SSSR count). The van der Waals surface area contributed by atoms with Gasteiger partial charge < -0.3 is 5.11 Å². The first-order valence-electron chi connectivity index (χ1n) is 3.65. The molecule has 0 radical (unpaired) electrons. The number of rotatable bonds is 1. The van der Waals surface area contributed by atoms with Crippen molar-refractivity contribution in [1.82, 2.24) is 4.90 Å². The lowest BCUT2D eigenvalue weighted by molar-refractivity contribution is -0.143. The van der Waals surface area contributed by atoms with Crippen LogP contribution in [0.25, 0.3) is 0 Å². The molecule has 0 amide bonds. The summed E-state index contributed by atoms with van der Waals surface area (Å²) in [6, 6.07) is -0.228. The maximum absolute atomic E-state index is 10.5. The second kappa shape index (κ2) is 4.57. The number of hydrogen-bond acceptors (Lipinski definition) is 2. The fourth-order valence-corrected chi connectivity index (χ4v) is 1.39. The summed E-state index contributed by atoms with van der Waals surface area (Å²) < 4.78 is 0. The van der Waals surface area contributed by atoms with Crippen LogP contribution in [-0.4, -0.2) is 35.6 Å². The maximum Gasteiger partial charge on any atom is 0.320 e. The molecule has 1 atom stereocenters. The summed E-state index contributed by atoms with van der Waals surface area (Å²) in [6.45, 7) is 0.928. The maximum atomic E-state index is 10.5.